The van der Waals surface area contributed by atoms with Crippen molar-refractivity contribution >= 4 is 11.8 Å². The van der Waals surface area contributed by atoms with E-state index in [9.17, 15) is 4.79 Å². The van der Waals surface area contributed by atoms with Crippen LogP contribution in [0.4, 0.5) is 5.82 Å². The molecule has 1 aliphatic heterocycles. The minimum Gasteiger partial charge on any atom is -0.462 e. The van der Waals surface area contributed by atoms with Crippen LogP contribution in [-0.4, -0.2) is 37.2 Å². The normalized spacial score (nSPS) is 22.6. The molecule has 5 heteroatoms. The number of carbonyl (C=O) groups is 1. The molecule has 5 nitrogen and oxygen atoms in total. The van der Waals surface area contributed by atoms with E-state index in [4.69, 9.17) is 10.5 Å². The number of nitrogens with zero attached hydrogens (tertiary/aromatic N) is 2. The summed E-state index contributed by atoms with van der Waals surface area (Å²) in [5.41, 5.74) is 6.46. The van der Waals surface area contributed by atoms with E-state index in [1.54, 1.807) is 19.2 Å². The third-order valence-corrected chi connectivity index (χ3v) is 3.63. The van der Waals surface area contributed by atoms with Gasteiger partial charge in [-0.05, 0) is 37.4 Å². The van der Waals surface area contributed by atoms with Crippen LogP contribution in [0, 0.1) is 5.41 Å². The minimum absolute atomic E-state index is 0.168. The zero-order chi connectivity index (χ0) is 13.9. The predicted octanol–water partition coefficient (Wildman–Crippen LogP) is 1.43. The molecule has 1 atom stereocenters. The lowest BCUT2D eigenvalue weighted by atomic mass is 9.90. The first-order valence-corrected chi connectivity index (χ1v) is 6.66. The van der Waals surface area contributed by atoms with Crippen LogP contribution in [-0.2, 0) is 4.74 Å². The molecule has 0 spiro atoms. The molecule has 0 aliphatic carbocycles. The van der Waals surface area contributed by atoms with Gasteiger partial charge in [0.1, 0.15) is 5.82 Å². The third kappa shape index (κ3) is 3.04. The fraction of sp³-hybridized carbons (Fsp3) is 0.571. The Balaban J connectivity index is 2.05. The Morgan fingerprint density at radius 2 is 2.37 bits per heavy atom. The standard InChI is InChI=1S/C14H21N3O2/c1-3-19-13(18)11-4-5-12(16-8-11)17-7-6-14(2,9-15)10-17/h4-5,8H,3,6-7,9-10,15H2,1-2H3. The number of nitrogens with two attached hydrogens (primary N) is 1. The molecule has 19 heavy (non-hydrogen) atoms. The van der Waals surface area contributed by atoms with E-state index in [0.29, 0.717) is 18.7 Å². The molecule has 1 aromatic rings. The van der Waals surface area contributed by atoms with Crippen molar-refractivity contribution in [3.05, 3.63) is 23.9 Å². The third-order valence-electron chi connectivity index (χ3n) is 3.63. The Bertz CT molecular complexity index is 447. The van der Waals surface area contributed by atoms with Crippen LogP contribution in [0.1, 0.15) is 30.6 Å². The van der Waals surface area contributed by atoms with Crippen LogP contribution >= 0.6 is 0 Å². The maximum Gasteiger partial charge on any atom is 0.339 e. The lowest BCUT2D eigenvalue weighted by Crippen LogP contribution is -2.31. The Morgan fingerprint density at radius 3 is 2.89 bits per heavy atom. The first-order valence-electron chi connectivity index (χ1n) is 6.66. The number of hydrogen-bond acceptors (Lipinski definition) is 5. The number of anilines is 1. The van der Waals surface area contributed by atoms with Crippen LogP contribution in [0.15, 0.2) is 18.3 Å². The SMILES string of the molecule is CCOC(=O)c1ccc(N2CCC(C)(CN)C2)nc1. The number of rotatable bonds is 4. The van der Waals surface area contributed by atoms with Crippen molar-refractivity contribution in [2.75, 3.05) is 31.1 Å². The van der Waals surface area contributed by atoms with Crippen LogP contribution < -0.4 is 10.6 Å². The van der Waals surface area contributed by atoms with Crippen LogP contribution in [0.25, 0.3) is 0 Å². The number of hydrogen-bond donors (Lipinski definition) is 1. The summed E-state index contributed by atoms with van der Waals surface area (Å²) in [6.07, 6.45) is 2.65. The van der Waals surface area contributed by atoms with E-state index >= 15 is 0 Å². The first-order chi connectivity index (χ1) is 9.08. The Kier molecular flexibility index (Phi) is 4.04. The zero-order valence-electron chi connectivity index (χ0n) is 11.6. The van der Waals surface area contributed by atoms with Gasteiger partial charge in [-0.15, -0.1) is 0 Å². The van der Waals surface area contributed by atoms with Crippen molar-refractivity contribution in [3.8, 4) is 0 Å². The fourth-order valence-electron chi connectivity index (χ4n) is 2.29. The Labute approximate surface area is 113 Å². The average molecular weight is 263 g/mol. The number of carbonyl (C=O) groups excluding carboxylic acids is 1. The summed E-state index contributed by atoms with van der Waals surface area (Å²) in [7, 11) is 0. The van der Waals surface area contributed by atoms with Gasteiger partial charge in [-0.25, -0.2) is 9.78 Å². The van der Waals surface area contributed by atoms with Gasteiger partial charge in [0.05, 0.1) is 12.2 Å². The Morgan fingerprint density at radius 1 is 1.58 bits per heavy atom. The topological polar surface area (TPSA) is 68.5 Å². The number of aromatic nitrogens is 1. The highest BCUT2D eigenvalue weighted by Crippen LogP contribution is 2.31. The molecule has 2 rings (SSSR count). The molecule has 2 N–H and O–H groups in total. The van der Waals surface area contributed by atoms with Crippen molar-refractivity contribution in [1.29, 1.82) is 0 Å². The predicted molar refractivity (Wildman–Crippen MR) is 74.2 cm³/mol. The molecule has 0 amide bonds. The number of esters is 1. The maximum absolute atomic E-state index is 11.5. The van der Waals surface area contributed by atoms with Gasteiger partial charge in [0, 0.05) is 19.3 Å². The summed E-state index contributed by atoms with van der Waals surface area (Å²) < 4.78 is 4.93. The van der Waals surface area contributed by atoms with Crippen molar-refractivity contribution < 1.29 is 9.53 Å². The van der Waals surface area contributed by atoms with Crippen LogP contribution in [0.2, 0.25) is 0 Å². The average Bonchev–Trinajstić information content (AvgIpc) is 2.83. The summed E-state index contributed by atoms with van der Waals surface area (Å²) in [6.45, 7) is 6.91. The molecule has 0 saturated carbocycles. The molecule has 1 saturated heterocycles. The summed E-state index contributed by atoms with van der Waals surface area (Å²) in [5.74, 6) is 0.569. The monoisotopic (exact) mass is 263 g/mol. The summed E-state index contributed by atoms with van der Waals surface area (Å²) >= 11 is 0. The smallest absolute Gasteiger partial charge is 0.339 e. The molecule has 0 bridgehead atoms. The minimum atomic E-state index is -0.324. The molecule has 1 aliphatic rings. The van der Waals surface area contributed by atoms with E-state index in [-0.39, 0.29) is 11.4 Å². The molecule has 0 radical (unpaired) electrons. The molecule has 1 fully saturated rings. The molecule has 1 aromatic heterocycles. The van der Waals surface area contributed by atoms with Crippen molar-refractivity contribution in [1.82, 2.24) is 4.98 Å². The molecule has 1 unspecified atom stereocenters. The number of ether oxygens (including phenoxy) is 1. The van der Waals surface area contributed by atoms with E-state index in [1.165, 1.54) is 0 Å². The van der Waals surface area contributed by atoms with Gasteiger partial charge in [0.15, 0.2) is 0 Å². The van der Waals surface area contributed by atoms with Crippen LogP contribution in [0.5, 0.6) is 0 Å². The van der Waals surface area contributed by atoms with Crippen LogP contribution in [0.3, 0.4) is 0 Å². The van der Waals surface area contributed by atoms with Crippen molar-refractivity contribution in [2.45, 2.75) is 20.3 Å². The first kappa shape index (κ1) is 13.8. The highest BCUT2D eigenvalue weighted by Gasteiger charge is 2.33. The quantitative estimate of drug-likeness (QED) is 0.832. The van der Waals surface area contributed by atoms with Gasteiger partial charge in [-0.2, -0.15) is 0 Å². The summed E-state index contributed by atoms with van der Waals surface area (Å²) in [4.78, 5) is 18.1. The van der Waals surface area contributed by atoms with E-state index in [0.717, 1.165) is 25.3 Å². The largest absolute Gasteiger partial charge is 0.462 e. The van der Waals surface area contributed by atoms with Gasteiger partial charge >= 0.3 is 5.97 Å². The molecule has 0 aromatic carbocycles. The summed E-state index contributed by atoms with van der Waals surface area (Å²) in [6, 6.07) is 3.63. The second-order valence-corrected chi connectivity index (χ2v) is 5.31. The Hall–Kier alpha value is -1.62. The lowest BCUT2D eigenvalue weighted by Gasteiger charge is -2.23. The fourth-order valence-corrected chi connectivity index (χ4v) is 2.29. The molecular formula is C14H21N3O2. The highest BCUT2D eigenvalue weighted by molar-refractivity contribution is 5.89. The molecule has 2 heterocycles. The molecule has 104 valence electrons. The zero-order valence-corrected chi connectivity index (χ0v) is 11.6. The highest BCUT2D eigenvalue weighted by atomic mass is 16.5. The maximum atomic E-state index is 11.5. The summed E-state index contributed by atoms with van der Waals surface area (Å²) in [5, 5.41) is 0. The lowest BCUT2D eigenvalue weighted by molar-refractivity contribution is 0.0526. The van der Waals surface area contributed by atoms with Crippen molar-refractivity contribution in [2.24, 2.45) is 11.1 Å². The van der Waals surface area contributed by atoms with Gasteiger partial charge in [-0.3, -0.25) is 0 Å². The van der Waals surface area contributed by atoms with Crippen molar-refractivity contribution in [3.63, 3.8) is 0 Å². The van der Waals surface area contributed by atoms with E-state index < -0.39 is 0 Å². The van der Waals surface area contributed by atoms with Gasteiger partial charge in [0.2, 0.25) is 0 Å². The van der Waals surface area contributed by atoms with Gasteiger partial charge in [-0.1, -0.05) is 6.92 Å². The number of pyridine rings is 1. The molecular weight excluding hydrogens is 242 g/mol. The van der Waals surface area contributed by atoms with Gasteiger partial charge < -0.3 is 15.4 Å². The van der Waals surface area contributed by atoms with E-state index in [2.05, 4.69) is 16.8 Å². The second kappa shape index (κ2) is 5.57. The van der Waals surface area contributed by atoms with E-state index in [1.807, 2.05) is 6.07 Å². The second-order valence-electron chi connectivity index (χ2n) is 5.31. The van der Waals surface area contributed by atoms with Gasteiger partial charge in [0.25, 0.3) is 0 Å².